The van der Waals surface area contributed by atoms with E-state index >= 15 is 0 Å². The lowest BCUT2D eigenvalue weighted by molar-refractivity contribution is -0.870. The summed E-state index contributed by atoms with van der Waals surface area (Å²) in [6.07, 6.45) is 123. The number of hydrogen-bond acceptors (Lipinski definition) is 7. The summed E-state index contributed by atoms with van der Waals surface area (Å²) in [6.45, 7) is 4.18. The fourth-order valence-electron chi connectivity index (χ4n) is 11.2. The van der Waals surface area contributed by atoms with Crippen LogP contribution in [-0.2, 0) is 32.7 Å². The molecule has 2 unspecified atom stereocenters. The number of ether oxygens (including phenoxy) is 2. The van der Waals surface area contributed by atoms with Crippen molar-refractivity contribution in [2.45, 2.75) is 341 Å². The molecule has 0 fully saturated rings. The summed E-state index contributed by atoms with van der Waals surface area (Å²) in [5.41, 5.74) is 0. The van der Waals surface area contributed by atoms with Gasteiger partial charge in [-0.1, -0.05) is 369 Å². The molecule has 0 aliphatic heterocycles. The topological polar surface area (TPSA) is 108 Å². The quantitative estimate of drug-likeness (QED) is 0.0211. The summed E-state index contributed by atoms with van der Waals surface area (Å²) < 4.78 is 34.8. The molecule has 0 rings (SSSR count). The first kappa shape index (κ1) is 97.1. The third-order valence-electron chi connectivity index (χ3n) is 17.4. The first-order valence-electron chi connectivity index (χ1n) is 41.5. The van der Waals surface area contributed by atoms with Gasteiger partial charge >= 0.3 is 19.8 Å². The number of quaternary nitrogens is 1. The highest BCUT2D eigenvalue weighted by Gasteiger charge is 2.27. The highest BCUT2D eigenvalue weighted by Crippen LogP contribution is 2.43. The predicted molar refractivity (Wildman–Crippen MR) is 445 cm³/mol. The van der Waals surface area contributed by atoms with Crippen molar-refractivity contribution >= 4 is 19.8 Å². The van der Waals surface area contributed by atoms with Crippen molar-refractivity contribution in [3.05, 3.63) is 182 Å². The zero-order valence-electron chi connectivity index (χ0n) is 66.3. The predicted octanol–water partition coefficient (Wildman–Crippen LogP) is 28.2. The van der Waals surface area contributed by atoms with E-state index < -0.39 is 26.5 Å². The lowest BCUT2D eigenvalue weighted by Gasteiger charge is -2.24. The van der Waals surface area contributed by atoms with E-state index in [-0.39, 0.29) is 32.0 Å². The van der Waals surface area contributed by atoms with E-state index in [1.54, 1.807) is 0 Å². The molecule has 580 valence electrons. The van der Waals surface area contributed by atoms with Crippen LogP contribution < -0.4 is 0 Å². The molecule has 0 radical (unpaired) electrons. The van der Waals surface area contributed by atoms with Crippen LogP contribution >= 0.6 is 7.82 Å². The van der Waals surface area contributed by atoms with Crippen LogP contribution in [0, 0.1) is 0 Å². The van der Waals surface area contributed by atoms with Gasteiger partial charge in [0.15, 0.2) is 6.10 Å². The minimum Gasteiger partial charge on any atom is -0.462 e. The van der Waals surface area contributed by atoms with E-state index in [0.29, 0.717) is 17.4 Å². The number of nitrogens with zero attached hydrogens (tertiary/aromatic N) is 1. The Hall–Kier alpha value is -4.89. The molecule has 9 nitrogen and oxygen atoms in total. The maximum absolute atomic E-state index is 12.9. The van der Waals surface area contributed by atoms with Gasteiger partial charge in [0.05, 0.1) is 27.7 Å². The van der Waals surface area contributed by atoms with Gasteiger partial charge in [0, 0.05) is 12.8 Å². The molecule has 0 aromatic carbocycles. The summed E-state index contributed by atoms with van der Waals surface area (Å²) in [5, 5.41) is 0. The van der Waals surface area contributed by atoms with E-state index in [2.05, 4.69) is 196 Å². The molecule has 1 N–H and O–H groups in total. The average molecular weight is 1430 g/mol. The first-order valence-corrected chi connectivity index (χ1v) is 43.0. The number of phosphoric ester groups is 1. The number of carbonyl (C=O) groups is 2. The molecule has 10 heteroatoms. The second-order valence-corrected chi connectivity index (χ2v) is 29.8. The molecule has 0 aliphatic rings. The van der Waals surface area contributed by atoms with Crippen LogP contribution in [0.2, 0.25) is 0 Å². The molecular weight excluding hydrogens is 1280 g/mol. The Labute approximate surface area is 629 Å². The number of unbranched alkanes of at least 4 members (excludes halogenated alkanes) is 31. The van der Waals surface area contributed by atoms with Gasteiger partial charge in [-0.05, 0) is 135 Å². The van der Waals surface area contributed by atoms with E-state index in [0.717, 1.165) is 135 Å². The second-order valence-electron chi connectivity index (χ2n) is 28.4. The van der Waals surface area contributed by atoms with Gasteiger partial charge in [-0.3, -0.25) is 18.6 Å². The number of likely N-dealkylation sites (N-methyl/N-ethyl adjacent to an activating group) is 1. The smallest absolute Gasteiger partial charge is 0.462 e. The minimum absolute atomic E-state index is 0.0177. The number of esters is 2. The minimum atomic E-state index is -4.42. The molecule has 0 spiro atoms. The lowest BCUT2D eigenvalue weighted by atomic mass is 10.0. The van der Waals surface area contributed by atoms with Crippen LogP contribution in [0.4, 0.5) is 0 Å². The molecule has 2 atom stereocenters. The highest BCUT2D eigenvalue weighted by atomic mass is 31.2. The number of carbonyl (C=O) groups excluding carboxylic acids is 2. The van der Waals surface area contributed by atoms with E-state index in [4.69, 9.17) is 18.5 Å². The van der Waals surface area contributed by atoms with Crippen molar-refractivity contribution in [2.75, 3.05) is 47.5 Å². The van der Waals surface area contributed by atoms with Gasteiger partial charge < -0.3 is 18.9 Å². The fraction of sp³-hybridized carbons (Fsp3) is 0.652. The maximum atomic E-state index is 12.9. The Balaban J connectivity index is 4.03. The molecule has 0 aromatic heterocycles. The number of hydrogen-bond donors (Lipinski definition) is 1. The summed E-state index contributed by atoms with van der Waals surface area (Å²) in [5.74, 6) is -0.835. The van der Waals surface area contributed by atoms with Crippen molar-refractivity contribution < 1.29 is 42.1 Å². The number of allylic oxidation sites excluding steroid dienone is 30. The molecule has 0 aromatic rings. The zero-order chi connectivity index (χ0) is 74.0. The van der Waals surface area contributed by atoms with Crippen molar-refractivity contribution in [1.82, 2.24) is 0 Å². The Morgan fingerprint density at radius 1 is 0.304 bits per heavy atom. The standard InChI is InChI=1S/C92H154NO8P/c1-6-8-10-12-14-16-18-20-22-24-26-28-30-32-34-36-38-40-42-44-45-46-47-49-50-52-54-56-58-60-62-64-66-68-70-72-74-76-78-80-82-84-91(94)98-88-90(89-100-102(96,97)99-87-86-93(3,4)5)101-92(95)85-83-81-79-77-75-73-71-69-67-65-63-61-59-57-55-53-51-48-43-41-39-37-35-33-31-29-27-25-23-21-19-17-15-13-11-9-7-2/h8-11,14-17,20-23,26-29,33,35,39,41,48,51,55,57,61,63,67,69,73,75,90H,6-7,12-13,18-19,24-25,30-32,34,36-38,40,42-47,49-50,52-54,56,58-60,62,64-66,68,70-72,74,76-89H2,1-5H3/p+1/b10-8-,11-9-,16-14-,17-15-,22-20-,23-21-,28-26-,29-27-,35-33-,41-39-,51-48-,57-55-,63-61-,69-67-,75-73-. The Kier molecular flexibility index (Phi) is 76.4. The van der Waals surface area contributed by atoms with Gasteiger partial charge in [0.1, 0.15) is 19.8 Å². The van der Waals surface area contributed by atoms with Crippen LogP contribution in [0.5, 0.6) is 0 Å². The Morgan fingerprint density at radius 3 is 0.794 bits per heavy atom. The summed E-state index contributed by atoms with van der Waals surface area (Å²) in [7, 11) is 1.44. The molecule has 0 amide bonds. The third-order valence-corrected chi connectivity index (χ3v) is 18.4. The summed E-state index contributed by atoms with van der Waals surface area (Å²) >= 11 is 0. The van der Waals surface area contributed by atoms with E-state index in [9.17, 15) is 19.0 Å². The van der Waals surface area contributed by atoms with Crippen LogP contribution in [0.25, 0.3) is 0 Å². The number of phosphoric acid groups is 1. The van der Waals surface area contributed by atoms with Gasteiger partial charge in [-0.25, -0.2) is 4.57 Å². The number of rotatable bonds is 75. The maximum Gasteiger partial charge on any atom is 0.472 e. The summed E-state index contributed by atoms with van der Waals surface area (Å²) in [4.78, 5) is 36.0. The largest absolute Gasteiger partial charge is 0.472 e. The molecule has 0 heterocycles. The normalized spacial score (nSPS) is 14.0. The van der Waals surface area contributed by atoms with Crippen molar-refractivity contribution in [3.8, 4) is 0 Å². The lowest BCUT2D eigenvalue weighted by Crippen LogP contribution is -2.37. The molecule has 0 saturated heterocycles. The molecule has 0 aliphatic carbocycles. The second kappa shape index (κ2) is 80.2. The average Bonchev–Trinajstić information content (AvgIpc) is 0.913. The van der Waals surface area contributed by atoms with Crippen LogP contribution in [0.15, 0.2) is 182 Å². The molecule has 102 heavy (non-hydrogen) atoms. The van der Waals surface area contributed by atoms with Crippen molar-refractivity contribution in [2.24, 2.45) is 0 Å². The van der Waals surface area contributed by atoms with Crippen LogP contribution in [0.3, 0.4) is 0 Å². The third kappa shape index (κ3) is 84.1. The Morgan fingerprint density at radius 2 is 0.529 bits per heavy atom. The monoisotopic (exact) mass is 1430 g/mol. The summed E-state index contributed by atoms with van der Waals surface area (Å²) in [6, 6.07) is 0. The highest BCUT2D eigenvalue weighted by molar-refractivity contribution is 7.47. The van der Waals surface area contributed by atoms with E-state index in [1.807, 2.05) is 21.1 Å². The van der Waals surface area contributed by atoms with Crippen LogP contribution in [0.1, 0.15) is 335 Å². The SMILES string of the molecule is CC/C=C\C/C=C\C/C=C\C/C=C\C/C=C\C/C=C\C/C=C\C/C=C\C/C=C\C/C=C\C/C=C\CCCCCC(=O)OC(COC(=O)CCCCCCCCCCCCCCCCCCCCCCCCCCCCCC/C=C\C/C=C\C/C=C\C/C=C\CC)COP(=O)(O)OCC[N+](C)(C)C. The molecule has 0 saturated carbocycles. The van der Waals surface area contributed by atoms with Gasteiger partial charge in [0.2, 0.25) is 0 Å². The van der Waals surface area contributed by atoms with Gasteiger partial charge in [0.25, 0.3) is 0 Å². The van der Waals surface area contributed by atoms with E-state index in [1.165, 1.54) is 167 Å². The molecule has 0 bridgehead atoms. The van der Waals surface area contributed by atoms with Gasteiger partial charge in [-0.2, -0.15) is 0 Å². The fourth-order valence-corrected chi connectivity index (χ4v) is 11.9. The van der Waals surface area contributed by atoms with Crippen LogP contribution in [-0.4, -0.2) is 74.9 Å². The molecular formula is C92H155NO8P+. The van der Waals surface area contributed by atoms with Gasteiger partial charge in [-0.15, -0.1) is 0 Å². The van der Waals surface area contributed by atoms with Crippen molar-refractivity contribution in [1.29, 1.82) is 0 Å². The van der Waals surface area contributed by atoms with Crippen molar-refractivity contribution in [3.63, 3.8) is 0 Å². The zero-order valence-corrected chi connectivity index (χ0v) is 67.2. The Bertz CT molecular complexity index is 2390. The first-order chi connectivity index (χ1) is 50.0.